The topological polar surface area (TPSA) is 66.0 Å². The summed E-state index contributed by atoms with van der Waals surface area (Å²) in [7, 11) is 1.64. The summed E-state index contributed by atoms with van der Waals surface area (Å²) in [4.78, 5) is 4.20. The minimum absolute atomic E-state index is 0.570. The lowest BCUT2D eigenvalue weighted by molar-refractivity contribution is 0.415. The molecule has 0 saturated carbocycles. The summed E-state index contributed by atoms with van der Waals surface area (Å²) >= 11 is 1.49. The van der Waals surface area contributed by atoms with Crippen molar-refractivity contribution in [3.05, 3.63) is 41.9 Å². The fourth-order valence-electron chi connectivity index (χ4n) is 1.77. The van der Waals surface area contributed by atoms with Crippen LogP contribution in [0, 0.1) is 0 Å². The van der Waals surface area contributed by atoms with E-state index in [0.29, 0.717) is 5.82 Å². The summed E-state index contributed by atoms with van der Waals surface area (Å²) in [5, 5.41) is 7.13. The highest BCUT2D eigenvalue weighted by Crippen LogP contribution is 2.25. The second kappa shape index (κ2) is 4.74. The van der Waals surface area contributed by atoms with E-state index < -0.39 is 0 Å². The molecule has 0 bridgehead atoms. The molecule has 3 aromatic rings. The number of aromatic nitrogens is 3. The highest BCUT2D eigenvalue weighted by molar-refractivity contribution is 7.12. The van der Waals surface area contributed by atoms with Crippen molar-refractivity contribution in [3.8, 4) is 22.1 Å². The Morgan fingerprint density at radius 2 is 2.05 bits per heavy atom. The molecule has 2 N–H and O–H groups in total. The number of nitrogens with zero attached hydrogens (tertiary/aromatic N) is 3. The maximum Gasteiger partial charge on any atom is 0.212 e. The first-order chi connectivity index (χ1) is 9.28. The Hall–Kier alpha value is -2.34. The van der Waals surface area contributed by atoms with Gasteiger partial charge in [0.2, 0.25) is 5.13 Å². The quantitative estimate of drug-likeness (QED) is 0.796. The van der Waals surface area contributed by atoms with Gasteiger partial charge in [0.1, 0.15) is 11.6 Å². The molecule has 0 radical (unpaired) electrons. The van der Waals surface area contributed by atoms with Gasteiger partial charge in [0.05, 0.1) is 12.8 Å². The van der Waals surface area contributed by atoms with Gasteiger partial charge in [-0.15, -0.1) is 11.3 Å². The van der Waals surface area contributed by atoms with Crippen molar-refractivity contribution in [2.45, 2.75) is 0 Å². The molecule has 5 nitrogen and oxygen atoms in total. The van der Waals surface area contributed by atoms with Crippen LogP contribution in [0.3, 0.4) is 0 Å². The number of rotatable bonds is 3. The minimum Gasteiger partial charge on any atom is -0.497 e. The Bertz CT molecular complexity index is 673. The summed E-state index contributed by atoms with van der Waals surface area (Å²) in [5.41, 5.74) is 7.77. The minimum atomic E-state index is 0.570. The summed E-state index contributed by atoms with van der Waals surface area (Å²) in [6.45, 7) is 0. The number of nitrogen functional groups attached to an aromatic ring is 1. The summed E-state index contributed by atoms with van der Waals surface area (Å²) < 4.78 is 6.78. The van der Waals surface area contributed by atoms with E-state index in [2.05, 4.69) is 10.1 Å². The summed E-state index contributed by atoms with van der Waals surface area (Å²) in [5.74, 6) is 1.39. The van der Waals surface area contributed by atoms with Crippen molar-refractivity contribution in [2.75, 3.05) is 12.8 Å². The molecule has 0 aliphatic heterocycles. The molecule has 96 valence electrons. The predicted molar refractivity (Wildman–Crippen MR) is 75.6 cm³/mol. The summed E-state index contributed by atoms with van der Waals surface area (Å²) in [6.07, 6.45) is 1.73. The van der Waals surface area contributed by atoms with Gasteiger partial charge in [-0.05, 0) is 24.3 Å². The molecule has 0 spiro atoms. The molecule has 2 heterocycles. The highest BCUT2D eigenvalue weighted by Gasteiger charge is 2.10. The van der Waals surface area contributed by atoms with E-state index in [1.807, 2.05) is 35.7 Å². The van der Waals surface area contributed by atoms with Crippen LogP contribution >= 0.6 is 11.3 Å². The fourth-order valence-corrected chi connectivity index (χ4v) is 2.38. The van der Waals surface area contributed by atoms with Crippen molar-refractivity contribution >= 4 is 17.2 Å². The van der Waals surface area contributed by atoms with Crippen molar-refractivity contribution < 1.29 is 4.74 Å². The van der Waals surface area contributed by atoms with Gasteiger partial charge in [0.25, 0.3) is 0 Å². The number of hydrogen-bond acceptors (Lipinski definition) is 5. The van der Waals surface area contributed by atoms with Gasteiger partial charge in [-0.3, -0.25) is 0 Å². The molecule has 3 rings (SSSR count). The first-order valence-corrected chi connectivity index (χ1v) is 6.56. The molecule has 0 saturated heterocycles. The van der Waals surface area contributed by atoms with Gasteiger partial charge in [0.15, 0.2) is 0 Å². The number of methoxy groups -OCH3 is 1. The van der Waals surface area contributed by atoms with E-state index in [0.717, 1.165) is 22.1 Å². The van der Waals surface area contributed by atoms with Crippen molar-refractivity contribution in [2.24, 2.45) is 0 Å². The molecule has 2 aromatic heterocycles. The van der Waals surface area contributed by atoms with E-state index in [1.165, 1.54) is 11.3 Å². The van der Waals surface area contributed by atoms with Gasteiger partial charge in [-0.1, -0.05) is 0 Å². The van der Waals surface area contributed by atoms with Gasteiger partial charge < -0.3 is 10.5 Å². The van der Waals surface area contributed by atoms with Crippen LogP contribution in [0.1, 0.15) is 0 Å². The van der Waals surface area contributed by atoms with Crippen LogP contribution in [-0.4, -0.2) is 21.9 Å². The van der Waals surface area contributed by atoms with Crippen molar-refractivity contribution in [3.63, 3.8) is 0 Å². The van der Waals surface area contributed by atoms with Gasteiger partial charge in [-0.25, -0.2) is 4.98 Å². The number of nitrogens with two attached hydrogens (primary N) is 1. The standard InChI is InChI=1S/C13H12N4OS/c1-18-10-4-2-9(3-5-10)11-8-12(14)17(16-11)13-15-6-7-19-13/h2-8H,14H2,1H3. The normalized spacial score (nSPS) is 10.6. The summed E-state index contributed by atoms with van der Waals surface area (Å²) in [6, 6.07) is 9.53. The molecule has 1 aromatic carbocycles. The molecule has 0 unspecified atom stereocenters. The molecule has 19 heavy (non-hydrogen) atoms. The second-order valence-electron chi connectivity index (χ2n) is 3.91. The lowest BCUT2D eigenvalue weighted by atomic mass is 10.1. The fraction of sp³-hybridized carbons (Fsp3) is 0.0769. The third kappa shape index (κ3) is 2.17. The van der Waals surface area contributed by atoms with Crippen LogP contribution in [0.15, 0.2) is 41.9 Å². The van der Waals surface area contributed by atoms with Gasteiger partial charge >= 0.3 is 0 Å². The van der Waals surface area contributed by atoms with Gasteiger partial charge in [0, 0.05) is 23.2 Å². The predicted octanol–water partition coefficient (Wildman–Crippen LogP) is 2.59. The van der Waals surface area contributed by atoms with E-state index in [1.54, 1.807) is 18.0 Å². The Labute approximate surface area is 114 Å². The van der Waals surface area contributed by atoms with Crippen LogP contribution in [0.2, 0.25) is 0 Å². The molecule has 0 fully saturated rings. The lowest BCUT2D eigenvalue weighted by Gasteiger charge is -2.00. The van der Waals surface area contributed by atoms with Crippen LogP contribution < -0.4 is 10.5 Å². The molecule has 0 atom stereocenters. The van der Waals surface area contributed by atoms with E-state index >= 15 is 0 Å². The zero-order valence-electron chi connectivity index (χ0n) is 10.3. The number of benzene rings is 1. The number of anilines is 1. The van der Waals surface area contributed by atoms with Crippen LogP contribution in [0.25, 0.3) is 16.4 Å². The number of thiazole rings is 1. The zero-order chi connectivity index (χ0) is 13.2. The Kier molecular flexibility index (Phi) is 2.92. The molecular formula is C13H12N4OS. The Morgan fingerprint density at radius 1 is 1.26 bits per heavy atom. The van der Waals surface area contributed by atoms with E-state index in [4.69, 9.17) is 10.5 Å². The first kappa shape index (κ1) is 11.7. The van der Waals surface area contributed by atoms with Crippen molar-refractivity contribution in [1.29, 1.82) is 0 Å². The Morgan fingerprint density at radius 3 is 2.68 bits per heavy atom. The highest BCUT2D eigenvalue weighted by atomic mass is 32.1. The number of ether oxygens (including phenoxy) is 1. The SMILES string of the molecule is COc1ccc(-c2cc(N)n(-c3nccs3)n2)cc1. The third-order valence-corrected chi connectivity index (χ3v) is 3.47. The smallest absolute Gasteiger partial charge is 0.212 e. The lowest BCUT2D eigenvalue weighted by Crippen LogP contribution is -2.00. The molecule has 0 amide bonds. The van der Waals surface area contributed by atoms with Crippen LogP contribution in [-0.2, 0) is 0 Å². The average Bonchev–Trinajstić information content (AvgIpc) is 3.08. The second-order valence-corrected chi connectivity index (χ2v) is 4.78. The molecular weight excluding hydrogens is 260 g/mol. The van der Waals surface area contributed by atoms with E-state index in [-0.39, 0.29) is 0 Å². The van der Waals surface area contributed by atoms with E-state index in [9.17, 15) is 0 Å². The van der Waals surface area contributed by atoms with Crippen LogP contribution in [0.5, 0.6) is 5.75 Å². The van der Waals surface area contributed by atoms with Crippen LogP contribution in [0.4, 0.5) is 5.82 Å². The third-order valence-electron chi connectivity index (χ3n) is 2.72. The maximum absolute atomic E-state index is 5.97. The first-order valence-electron chi connectivity index (χ1n) is 5.68. The monoisotopic (exact) mass is 272 g/mol. The van der Waals surface area contributed by atoms with Crippen molar-refractivity contribution in [1.82, 2.24) is 14.8 Å². The molecule has 0 aliphatic carbocycles. The largest absolute Gasteiger partial charge is 0.497 e. The molecule has 6 heteroatoms. The number of hydrogen-bond donors (Lipinski definition) is 1. The van der Waals surface area contributed by atoms with Gasteiger partial charge in [-0.2, -0.15) is 9.78 Å². The zero-order valence-corrected chi connectivity index (χ0v) is 11.1. The molecule has 0 aliphatic rings. The maximum atomic E-state index is 5.97. The Balaban J connectivity index is 1.99. The average molecular weight is 272 g/mol.